The Morgan fingerprint density at radius 1 is 0.920 bits per heavy atom. The summed E-state index contributed by atoms with van der Waals surface area (Å²) in [6, 6.07) is 23.6. The van der Waals surface area contributed by atoms with E-state index in [9.17, 15) is 23.1 Å². The second-order valence-corrected chi connectivity index (χ2v) is 12.0. The first kappa shape index (κ1) is 38.8. The molecule has 1 aromatic heterocycles. The molecule has 0 spiro atoms. The number of alkyl halides is 3. The second-order valence-electron chi connectivity index (χ2n) is 12.0. The molecule has 270 valence electrons. The Morgan fingerprint density at radius 3 is 2.16 bits per heavy atom. The van der Waals surface area contributed by atoms with Crippen LogP contribution in [0.3, 0.4) is 0 Å². The summed E-state index contributed by atoms with van der Waals surface area (Å²) in [6.07, 6.45) is -4.73. The van der Waals surface area contributed by atoms with Crippen molar-refractivity contribution in [3.8, 4) is 17.2 Å². The molecule has 0 bridgehead atoms. The molecule has 2 atom stereocenters. The van der Waals surface area contributed by atoms with Gasteiger partial charge in [0.1, 0.15) is 11.4 Å². The van der Waals surface area contributed by atoms with Gasteiger partial charge < -0.3 is 19.5 Å². The van der Waals surface area contributed by atoms with Gasteiger partial charge in [0.25, 0.3) is 5.82 Å². The zero-order valence-corrected chi connectivity index (χ0v) is 29.2. The standard InChI is InChI=1S/C34H38F3N7O4.2ClH/c1-47-29-14-13-27(44-33(34(35,36)37)38-39-40-44)32(48-2)26(29)21-41-19-25-20-42(30(46)15-18-45)16-17-43(25)28(22-41)31(23-9-5-3-6-10-23)24-11-7-4-8-12-24;;/h3-14,25,28,31,45H,15-22H2,1-2H3;2*1H/t25-,28+;;/m1../s1. The van der Waals surface area contributed by atoms with Gasteiger partial charge in [0.2, 0.25) is 5.91 Å². The molecule has 0 unspecified atom stereocenters. The fourth-order valence-corrected chi connectivity index (χ4v) is 7.16. The van der Waals surface area contributed by atoms with E-state index in [0.717, 1.165) is 11.1 Å². The fraction of sp³-hybridized carbons (Fsp3) is 0.412. The van der Waals surface area contributed by atoms with Crippen molar-refractivity contribution in [2.75, 3.05) is 53.6 Å². The van der Waals surface area contributed by atoms with Gasteiger partial charge in [0.05, 0.1) is 26.4 Å². The number of ether oxygens (including phenoxy) is 2. The van der Waals surface area contributed by atoms with Gasteiger partial charge in [0.15, 0.2) is 5.75 Å². The number of aliphatic hydroxyl groups excluding tert-OH is 1. The molecule has 1 N–H and O–H groups in total. The molecular weight excluding hydrogens is 698 g/mol. The van der Waals surface area contributed by atoms with Crippen molar-refractivity contribution >= 4 is 30.7 Å². The molecule has 2 aliphatic rings. The van der Waals surface area contributed by atoms with Crippen molar-refractivity contribution in [3.05, 3.63) is 95.3 Å². The van der Waals surface area contributed by atoms with E-state index in [-0.39, 0.29) is 79.7 Å². The Bertz CT molecular complexity index is 1660. The van der Waals surface area contributed by atoms with Crippen LogP contribution in [0.15, 0.2) is 72.8 Å². The number of nitrogens with zero attached hydrogens (tertiary/aromatic N) is 7. The average Bonchev–Trinajstić information content (AvgIpc) is 3.60. The topological polar surface area (TPSA) is 109 Å². The quantitative estimate of drug-likeness (QED) is 0.253. The lowest BCUT2D eigenvalue weighted by Crippen LogP contribution is -2.67. The highest BCUT2D eigenvalue weighted by molar-refractivity contribution is 5.85. The molecule has 4 aromatic rings. The summed E-state index contributed by atoms with van der Waals surface area (Å²) >= 11 is 0. The minimum atomic E-state index is -4.79. The number of carbonyl (C=O) groups is 1. The van der Waals surface area contributed by atoms with Crippen molar-refractivity contribution < 1.29 is 32.5 Å². The third-order valence-corrected chi connectivity index (χ3v) is 9.20. The molecule has 6 rings (SSSR count). The number of methoxy groups -OCH3 is 2. The Kier molecular flexibility index (Phi) is 13.1. The first-order valence-corrected chi connectivity index (χ1v) is 15.8. The third-order valence-electron chi connectivity index (χ3n) is 9.20. The maximum Gasteiger partial charge on any atom is 0.453 e. The van der Waals surface area contributed by atoms with Crippen molar-refractivity contribution in [1.29, 1.82) is 0 Å². The van der Waals surface area contributed by atoms with E-state index < -0.39 is 12.0 Å². The van der Waals surface area contributed by atoms with Gasteiger partial charge >= 0.3 is 6.18 Å². The molecular formula is C34H40Cl2F3N7O4. The highest BCUT2D eigenvalue weighted by atomic mass is 35.5. The number of fused-ring (bicyclic) bond motifs is 1. The molecule has 2 fully saturated rings. The normalized spacial score (nSPS) is 18.2. The minimum absolute atomic E-state index is 0. The number of halogens is 5. The molecule has 1 amide bonds. The average molecular weight is 739 g/mol. The maximum absolute atomic E-state index is 13.8. The van der Waals surface area contributed by atoms with Crippen LogP contribution in [0.1, 0.15) is 34.9 Å². The number of tetrazole rings is 1. The van der Waals surface area contributed by atoms with Crippen LogP contribution < -0.4 is 9.47 Å². The summed E-state index contributed by atoms with van der Waals surface area (Å²) in [4.78, 5) is 19.5. The largest absolute Gasteiger partial charge is 0.496 e. The van der Waals surface area contributed by atoms with Crippen molar-refractivity contribution in [3.63, 3.8) is 0 Å². The maximum atomic E-state index is 13.8. The number of hydrogen-bond acceptors (Lipinski definition) is 9. The summed E-state index contributed by atoms with van der Waals surface area (Å²) in [5, 5.41) is 19.6. The number of carbonyl (C=O) groups excluding carboxylic acids is 1. The zero-order chi connectivity index (χ0) is 33.8. The molecule has 2 aliphatic heterocycles. The highest BCUT2D eigenvalue weighted by Crippen LogP contribution is 2.40. The van der Waals surface area contributed by atoms with E-state index in [1.807, 2.05) is 41.3 Å². The Morgan fingerprint density at radius 2 is 1.58 bits per heavy atom. The summed E-state index contributed by atoms with van der Waals surface area (Å²) in [7, 11) is 2.90. The molecule has 16 heteroatoms. The predicted octanol–water partition coefficient (Wildman–Crippen LogP) is 4.45. The number of aromatic nitrogens is 4. The Hall–Kier alpha value is -3.95. The van der Waals surface area contributed by atoms with Crippen LogP contribution in [0.2, 0.25) is 0 Å². The van der Waals surface area contributed by atoms with E-state index in [1.165, 1.54) is 20.3 Å². The summed E-state index contributed by atoms with van der Waals surface area (Å²) in [5.41, 5.74) is 2.89. The van der Waals surface area contributed by atoms with Gasteiger partial charge in [-0.05, 0) is 33.7 Å². The number of benzene rings is 3. The van der Waals surface area contributed by atoms with E-state index in [0.29, 0.717) is 48.7 Å². The van der Waals surface area contributed by atoms with Crippen LogP contribution in [-0.2, 0) is 17.5 Å². The minimum Gasteiger partial charge on any atom is -0.496 e. The SMILES string of the molecule is COc1ccc(-n2nnnc2C(F)(F)F)c(OC)c1CN1C[C@@H]2CN(C(=O)CCO)CCN2[C@H](C(c2ccccc2)c2ccccc2)C1.Cl.Cl. The molecule has 0 saturated carbocycles. The first-order valence-electron chi connectivity index (χ1n) is 15.8. The van der Waals surface area contributed by atoms with Gasteiger partial charge in [0, 0.05) is 63.7 Å². The van der Waals surface area contributed by atoms with Crippen LogP contribution in [0, 0.1) is 0 Å². The van der Waals surface area contributed by atoms with Crippen LogP contribution >= 0.6 is 24.8 Å². The molecule has 3 heterocycles. The first-order chi connectivity index (χ1) is 23.2. The number of aliphatic hydroxyl groups is 1. The smallest absolute Gasteiger partial charge is 0.453 e. The number of rotatable bonds is 10. The van der Waals surface area contributed by atoms with Gasteiger partial charge in [-0.2, -0.15) is 17.9 Å². The molecule has 11 nitrogen and oxygen atoms in total. The van der Waals surface area contributed by atoms with Gasteiger partial charge in [-0.1, -0.05) is 60.7 Å². The van der Waals surface area contributed by atoms with E-state index >= 15 is 0 Å². The molecule has 2 saturated heterocycles. The Balaban J connectivity index is 0.00000281. The lowest BCUT2D eigenvalue weighted by molar-refractivity contribution is -0.146. The van der Waals surface area contributed by atoms with E-state index in [4.69, 9.17) is 9.47 Å². The van der Waals surface area contributed by atoms with Gasteiger partial charge in [-0.25, -0.2) is 0 Å². The summed E-state index contributed by atoms with van der Waals surface area (Å²) in [6.45, 7) is 2.96. The monoisotopic (exact) mass is 737 g/mol. The van der Waals surface area contributed by atoms with Crippen LogP contribution in [-0.4, -0.2) is 112 Å². The van der Waals surface area contributed by atoms with Crippen molar-refractivity contribution in [2.24, 2.45) is 0 Å². The highest BCUT2D eigenvalue weighted by Gasteiger charge is 2.44. The van der Waals surface area contributed by atoms with E-state index in [1.54, 1.807) is 6.07 Å². The molecule has 50 heavy (non-hydrogen) atoms. The van der Waals surface area contributed by atoms with Crippen LogP contribution in [0.5, 0.6) is 11.5 Å². The van der Waals surface area contributed by atoms with Crippen LogP contribution in [0.4, 0.5) is 13.2 Å². The van der Waals surface area contributed by atoms with Gasteiger partial charge in [-0.3, -0.25) is 14.6 Å². The second kappa shape index (κ2) is 16.8. The van der Waals surface area contributed by atoms with Crippen LogP contribution in [0.25, 0.3) is 5.69 Å². The fourth-order valence-electron chi connectivity index (χ4n) is 7.16. The number of hydrogen-bond donors (Lipinski definition) is 1. The molecule has 0 radical (unpaired) electrons. The molecule has 3 aromatic carbocycles. The van der Waals surface area contributed by atoms with Crippen molar-refractivity contribution in [2.45, 2.75) is 37.1 Å². The number of piperazine rings is 2. The van der Waals surface area contributed by atoms with Gasteiger partial charge in [-0.15, -0.1) is 29.9 Å². The lowest BCUT2D eigenvalue weighted by atomic mass is 9.81. The summed E-state index contributed by atoms with van der Waals surface area (Å²) < 4.78 is 53.6. The molecule has 0 aliphatic carbocycles. The number of amides is 1. The predicted molar refractivity (Wildman–Crippen MR) is 184 cm³/mol. The summed E-state index contributed by atoms with van der Waals surface area (Å²) in [5.74, 6) is -0.761. The van der Waals surface area contributed by atoms with Crippen molar-refractivity contribution in [1.82, 2.24) is 34.9 Å². The third kappa shape index (κ3) is 8.00. The lowest BCUT2D eigenvalue weighted by Gasteiger charge is -2.53. The zero-order valence-electron chi connectivity index (χ0n) is 27.6. The Labute approximate surface area is 300 Å². The van der Waals surface area contributed by atoms with E-state index in [2.05, 4.69) is 49.6 Å².